The fraction of sp³-hybridized carbons (Fsp3) is 0.889. The molecule has 1 amide bonds. The molecule has 1 unspecified atom stereocenters. The minimum atomic E-state index is -0.630. The average Bonchev–Trinajstić information content (AvgIpc) is 2.87. The SMILES string of the molecule is O=C(NCC1(O)CCSC1)C1CC1. The van der Waals surface area contributed by atoms with Crippen molar-refractivity contribution in [3.8, 4) is 0 Å². The summed E-state index contributed by atoms with van der Waals surface area (Å²) >= 11 is 1.76. The highest BCUT2D eigenvalue weighted by Crippen LogP contribution is 2.30. The van der Waals surface area contributed by atoms with Crippen molar-refractivity contribution in [2.75, 3.05) is 18.1 Å². The quantitative estimate of drug-likeness (QED) is 0.694. The molecule has 2 N–H and O–H groups in total. The van der Waals surface area contributed by atoms with E-state index in [2.05, 4.69) is 5.32 Å². The molecule has 1 atom stereocenters. The summed E-state index contributed by atoms with van der Waals surface area (Å²) in [6, 6.07) is 0. The highest BCUT2D eigenvalue weighted by Gasteiger charge is 2.35. The lowest BCUT2D eigenvalue weighted by molar-refractivity contribution is -0.123. The van der Waals surface area contributed by atoms with Gasteiger partial charge in [0.2, 0.25) is 5.91 Å². The van der Waals surface area contributed by atoms with E-state index in [0.717, 1.165) is 30.8 Å². The van der Waals surface area contributed by atoms with Gasteiger partial charge in [-0.05, 0) is 25.0 Å². The van der Waals surface area contributed by atoms with E-state index in [9.17, 15) is 9.90 Å². The summed E-state index contributed by atoms with van der Waals surface area (Å²) in [6.07, 6.45) is 2.86. The second-order valence-electron chi connectivity index (χ2n) is 4.02. The molecule has 0 radical (unpaired) electrons. The monoisotopic (exact) mass is 201 g/mol. The van der Waals surface area contributed by atoms with Gasteiger partial charge in [0.05, 0.1) is 5.60 Å². The van der Waals surface area contributed by atoms with Crippen molar-refractivity contribution in [1.29, 1.82) is 0 Å². The largest absolute Gasteiger partial charge is 0.387 e. The maximum atomic E-state index is 11.3. The zero-order valence-electron chi connectivity index (χ0n) is 7.58. The number of aliphatic hydroxyl groups is 1. The zero-order valence-corrected chi connectivity index (χ0v) is 8.40. The molecular formula is C9H15NO2S. The van der Waals surface area contributed by atoms with Gasteiger partial charge in [0, 0.05) is 18.2 Å². The van der Waals surface area contributed by atoms with E-state index < -0.39 is 5.60 Å². The molecule has 1 saturated heterocycles. The third-order valence-corrected chi connectivity index (χ3v) is 3.86. The molecule has 1 aliphatic heterocycles. The van der Waals surface area contributed by atoms with Crippen LogP contribution in [0.5, 0.6) is 0 Å². The lowest BCUT2D eigenvalue weighted by Gasteiger charge is -2.21. The van der Waals surface area contributed by atoms with E-state index in [0.29, 0.717) is 6.54 Å². The first kappa shape index (κ1) is 9.34. The van der Waals surface area contributed by atoms with E-state index >= 15 is 0 Å². The van der Waals surface area contributed by atoms with Crippen LogP contribution in [0, 0.1) is 5.92 Å². The number of thioether (sulfide) groups is 1. The Kier molecular flexibility index (Phi) is 2.51. The maximum Gasteiger partial charge on any atom is 0.223 e. The molecule has 3 nitrogen and oxygen atoms in total. The van der Waals surface area contributed by atoms with Crippen LogP contribution in [-0.2, 0) is 4.79 Å². The Bertz CT molecular complexity index is 210. The van der Waals surface area contributed by atoms with Gasteiger partial charge in [0.15, 0.2) is 0 Å². The molecule has 0 aromatic carbocycles. The minimum absolute atomic E-state index is 0.130. The van der Waals surface area contributed by atoms with Crippen LogP contribution in [-0.4, -0.2) is 34.7 Å². The third-order valence-electron chi connectivity index (χ3n) is 2.62. The highest BCUT2D eigenvalue weighted by molar-refractivity contribution is 7.99. The molecule has 1 aliphatic carbocycles. The summed E-state index contributed by atoms with van der Waals surface area (Å²) in [6.45, 7) is 0.440. The molecule has 0 bridgehead atoms. The molecule has 0 aromatic heterocycles. The number of rotatable bonds is 3. The Morgan fingerprint density at radius 2 is 2.38 bits per heavy atom. The first-order valence-corrected chi connectivity index (χ1v) is 5.93. The van der Waals surface area contributed by atoms with Gasteiger partial charge in [0.25, 0.3) is 0 Å². The van der Waals surface area contributed by atoms with Gasteiger partial charge < -0.3 is 10.4 Å². The van der Waals surface area contributed by atoms with Crippen molar-refractivity contribution < 1.29 is 9.90 Å². The van der Waals surface area contributed by atoms with Crippen LogP contribution < -0.4 is 5.32 Å². The summed E-state index contributed by atoms with van der Waals surface area (Å²) in [4.78, 5) is 11.3. The smallest absolute Gasteiger partial charge is 0.223 e. The topological polar surface area (TPSA) is 49.3 Å². The van der Waals surface area contributed by atoms with Gasteiger partial charge in [-0.2, -0.15) is 11.8 Å². The Labute approximate surface area is 82.3 Å². The first-order chi connectivity index (χ1) is 6.20. The highest BCUT2D eigenvalue weighted by atomic mass is 32.2. The molecule has 4 heteroatoms. The van der Waals surface area contributed by atoms with Gasteiger partial charge in [-0.1, -0.05) is 0 Å². The lowest BCUT2D eigenvalue weighted by Crippen LogP contribution is -2.43. The van der Waals surface area contributed by atoms with E-state index in [1.165, 1.54) is 0 Å². The molecule has 2 fully saturated rings. The van der Waals surface area contributed by atoms with Crippen molar-refractivity contribution in [3.05, 3.63) is 0 Å². The fourth-order valence-electron chi connectivity index (χ4n) is 1.48. The van der Waals surface area contributed by atoms with Crippen LogP contribution in [0.15, 0.2) is 0 Å². The summed E-state index contributed by atoms with van der Waals surface area (Å²) in [5.41, 5.74) is -0.630. The van der Waals surface area contributed by atoms with Crippen LogP contribution in [0.25, 0.3) is 0 Å². The van der Waals surface area contributed by atoms with Crippen LogP contribution in [0.2, 0.25) is 0 Å². The van der Waals surface area contributed by atoms with E-state index in [1.54, 1.807) is 11.8 Å². The number of amides is 1. The molecule has 13 heavy (non-hydrogen) atoms. The maximum absolute atomic E-state index is 11.3. The van der Waals surface area contributed by atoms with Crippen molar-refractivity contribution in [3.63, 3.8) is 0 Å². The minimum Gasteiger partial charge on any atom is -0.387 e. The Morgan fingerprint density at radius 1 is 1.62 bits per heavy atom. The molecule has 2 rings (SSSR count). The van der Waals surface area contributed by atoms with E-state index in [4.69, 9.17) is 0 Å². The van der Waals surface area contributed by atoms with Crippen LogP contribution in [0.1, 0.15) is 19.3 Å². The normalized spacial score (nSPS) is 33.3. The first-order valence-electron chi connectivity index (χ1n) is 4.77. The second-order valence-corrected chi connectivity index (χ2v) is 5.12. The average molecular weight is 201 g/mol. The van der Waals surface area contributed by atoms with Gasteiger partial charge in [0.1, 0.15) is 0 Å². The predicted octanol–water partition coefficient (Wildman–Crippen LogP) is 0.381. The number of nitrogens with one attached hydrogen (secondary N) is 1. The van der Waals surface area contributed by atoms with Crippen molar-refractivity contribution in [1.82, 2.24) is 5.32 Å². The van der Waals surface area contributed by atoms with Crippen molar-refractivity contribution in [2.45, 2.75) is 24.9 Å². The van der Waals surface area contributed by atoms with E-state index in [-0.39, 0.29) is 11.8 Å². The molecule has 74 valence electrons. The second kappa shape index (κ2) is 3.50. The molecule has 0 aromatic rings. The van der Waals surface area contributed by atoms with E-state index in [1.807, 2.05) is 0 Å². The number of carbonyl (C=O) groups excluding carboxylic acids is 1. The number of carbonyl (C=O) groups is 1. The fourth-order valence-corrected chi connectivity index (χ4v) is 2.77. The van der Waals surface area contributed by atoms with Crippen LogP contribution in [0.4, 0.5) is 0 Å². The van der Waals surface area contributed by atoms with Crippen molar-refractivity contribution in [2.24, 2.45) is 5.92 Å². The Morgan fingerprint density at radius 3 is 2.92 bits per heavy atom. The van der Waals surface area contributed by atoms with Gasteiger partial charge in [-0.15, -0.1) is 0 Å². The molecular weight excluding hydrogens is 186 g/mol. The Balaban J connectivity index is 1.74. The summed E-state index contributed by atoms with van der Waals surface area (Å²) in [5, 5.41) is 12.7. The number of hydrogen-bond acceptors (Lipinski definition) is 3. The third kappa shape index (κ3) is 2.38. The molecule has 1 heterocycles. The van der Waals surface area contributed by atoms with Gasteiger partial charge >= 0.3 is 0 Å². The zero-order chi connectivity index (χ0) is 9.31. The van der Waals surface area contributed by atoms with Gasteiger partial charge in [-0.3, -0.25) is 4.79 Å². The molecule has 2 aliphatic rings. The lowest BCUT2D eigenvalue weighted by atomic mass is 10.0. The molecule has 0 spiro atoms. The predicted molar refractivity (Wildman–Crippen MR) is 52.6 cm³/mol. The van der Waals surface area contributed by atoms with Gasteiger partial charge in [-0.25, -0.2) is 0 Å². The standard InChI is InChI=1S/C9H15NO2S/c11-8(7-1-2-7)10-5-9(12)3-4-13-6-9/h7,12H,1-6H2,(H,10,11). The van der Waals surface area contributed by atoms with Crippen LogP contribution in [0.3, 0.4) is 0 Å². The Hall–Kier alpha value is -0.220. The number of hydrogen-bond donors (Lipinski definition) is 2. The van der Waals surface area contributed by atoms with Crippen LogP contribution >= 0.6 is 11.8 Å². The summed E-state index contributed by atoms with van der Waals surface area (Å²) in [7, 11) is 0. The summed E-state index contributed by atoms with van der Waals surface area (Å²) < 4.78 is 0. The summed E-state index contributed by atoms with van der Waals surface area (Å²) in [5.74, 6) is 2.15. The van der Waals surface area contributed by atoms with Crippen molar-refractivity contribution >= 4 is 17.7 Å². The molecule has 1 saturated carbocycles.